The molecule has 2 aromatic rings. The topological polar surface area (TPSA) is 66.5 Å². The smallest absolute Gasteiger partial charge is 0.246 e. The number of hydrogen-bond donors (Lipinski definition) is 1. The molecule has 1 fully saturated rings. The quantitative estimate of drug-likeness (QED) is 0.787. The molecule has 1 unspecified atom stereocenters. The molecule has 1 aliphatic heterocycles. The van der Waals surface area contributed by atoms with Crippen molar-refractivity contribution < 1.29 is 17.6 Å². The largest absolute Gasteiger partial charge is 0.325 e. The summed E-state index contributed by atoms with van der Waals surface area (Å²) in [6, 6.07) is 9.70. The van der Waals surface area contributed by atoms with Crippen molar-refractivity contribution in [2.45, 2.75) is 30.7 Å². The zero-order valence-electron chi connectivity index (χ0n) is 14.1. The Bertz CT molecular complexity index is 949. The zero-order valence-corrected chi connectivity index (χ0v) is 16.5. The van der Waals surface area contributed by atoms with Crippen LogP contribution in [-0.2, 0) is 14.8 Å². The van der Waals surface area contributed by atoms with Crippen molar-refractivity contribution in [2.24, 2.45) is 0 Å². The fraction of sp³-hybridized carbons (Fsp3) is 0.278. The van der Waals surface area contributed by atoms with Crippen molar-refractivity contribution >= 4 is 37.5 Å². The molecule has 1 amide bonds. The summed E-state index contributed by atoms with van der Waals surface area (Å²) >= 11 is 3.39. The maximum Gasteiger partial charge on any atom is 0.246 e. The Balaban J connectivity index is 1.84. The van der Waals surface area contributed by atoms with Crippen LogP contribution in [0.25, 0.3) is 0 Å². The van der Waals surface area contributed by atoms with Gasteiger partial charge in [0.25, 0.3) is 0 Å². The number of sulfonamides is 1. The van der Waals surface area contributed by atoms with Gasteiger partial charge in [-0.25, -0.2) is 12.8 Å². The molecule has 2 aromatic carbocycles. The van der Waals surface area contributed by atoms with Gasteiger partial charge in [0.1, 0.15) is 16.8 Å². The van der Waals surface area contributed by atoms with Gasteiger partial charge in [0, 0.05) is 16.7 Å². The van der Waals surface area contributed by atoms with Crippen molar-refractivity contribution in [3.8, 4) is 0 Å². The van der Waals surface area contributed by atoms with Gasteiger partial charge < -0.3 is 5.32 Å². The highest BCUT2D eigenvalue weighted by molar-refractivity contribution is 9.10. The number of nitrogens with zero attached hydrogens (tertiary/aromatic N) is 1. The summed E-state index contributed by atoms with van der Waals surface area (Å²) in [4.78, 5) is 12.3. The molecule has 1 aliphatic rings. The minimum absolute atomic E-state index is 0.189. The Morgan fingerprint density at radius 1 is 1.27 bits per heavy atom. The Labute approximate surface area is 160 Å². The van der Waals surface area contributed by atoms with Gasteiger partial charge in [0.2, 0.25) is 15.9 Å². The maximum absolute atomic E-state index is 14.0. The fourth-order valence-electron chi connectivity index (χ4n) is 3.02. The molecule has 0 bridgehead atoms. The molecular formula is C18H18BrFN2O3S. The first kappa shape index (κ1) is 19.0. The predicted molar refractivity (Wildman–Crippen MR) is 101 cm³/mol. The van der Waals surface area contributed by atoms with E-state index in [1.54, 1.807) is 12.1 Å². The average Bonchev–Trinajstić information content (AvgIpc) is 3.09. The third-order valence-electron chi connectivity index (χ3n) is 4.36. The van der Waals surface area contributed by atoms with Crippen LogP contribution in [0.15, 0.2) is 51.8 Å². The van der Waals surface area contributed by atoms with Crippen LogP contribution in [0.1, 0.15) is 18.4 Å². The lowest BCUT2D eigenvalue weighted by molar-refractivity contribution is -0.119. The van der Waals surface area contributed by atoms with Crippen LogP contribution in [0.4, 0.5) is 10.1 Å². The molecule has 138 valence electrons. The standard InChI is InChI=1S/C18H18BrFN2O3S/c1-12-11-13(8-9-14(12)19)21-18(23)16-6-4-10-22(16)26(24,25)17-7-3-2-5-15(17)20/h2-3,5,7-9,11,16H,4,6,10H2,1H3,(H,21,23). The summed E-state index contributed by atoms with van der Waals surface area (Å²) in [6.45, 7) is 2.08. The van der Waals surface area contributed by atoms with E-state index in [0.29, 0.717) is 18.5 Å². The molecule has 0 saturated carbocycles. The van der Waals surface area contributed by atoms with E-state index in [2.05, 4.69) is 21.2 Å². The number of halogens is 2. The summed E-state index contributed by atoms with van der Waals surface area (Å²) < 4.78 is 41.6. The number of rotatable bonds is 4. The Kier molecular flexibility index (Phi) is 5.45. The van der Waals surface area contributed by atoms with Crippen molar-refractivity contribution in [3.05, 3.63) is 58.3 Å². The number of carbonyl (C=O) groups is 1. The predicted octanol–water partition coefficient (Wildman–Crippen LogP) is 3.69. The van der Waals surface area contributed by atoms with E-state index in [1.165, 1.54) is 18.2 Å². The first-order chi connectivity index (χ1) is 12.3. The third-order valence-corrected chi connectivity index (χ3v) is 7.19. The minimum Gasteiger partial charge on any atom is -0.325 e. The molecule has 0 aromatic heterocycles. The van der Waals surface area contributed by atoms with E-state index in [-0.39, 0.29) is 6.54 Å². The molecular weight excluding hydrogens is 423 g/mol. The van der Waals surface area contributed by atoms with Gasteiger partial charge in [0.15, 0.2) is 0 Å². The van der Waals surface area contributed by atoms with Gasteiger partial charge in [0.05, 0.1) is 0 Å². The monoisotopic (exact) mass is 440 g/mol. The van der Waals surface area contributed by atoms with Gasteiger partial charge in [-0.1, -0.05) is 28.1 Å². The number of nitrogens with one attached hydrogen (secondary N) is 1. The summed E-state index contributed by atoms with van der Waals surface area (Å²) in [5, 5.41) is 2.76. The first-order valence-electron chi connectivity index (χ1n) is 8.14. The highest BCUT2D eigenvalue weighted by atomic mass is 79.9. The fourth-order valence-corrected chi connectivity index (χ4v) is 4.99. The molecule has 1 saturated heterocycles. The van der Waals surface area contributed by atoms with E-state index in [9.17, 15) is 17.6 Å². The van der Waals surface area contributed by atoms with Crippen LogP contribution < -0.4 is 5.32 Å². The molecule has 0 aliphatic carbocycles. The summed E-state index contributed by atoms with van der Waals surface area (Å²) in [7, 11) is -4.08. The van der Waals surface area contributed by atoms with Gasteiger partial charge in [-0.3, -0.25) is 4.79 Å². The number of benzene rings is 2. The molecule has 3 rings (SSSR count). The molecule has 8 heteroatoms. The van der Waals surface area contributed by atoms with Crippen LogP contribution in [0, 0.1) is 12.7 Å². The van der Waals surface area contributed by atoms with Crippen molar-refractivity contribution in [3.63, 3.8) is 0 Å². The normalized spacial score (nSPS) is 18.0. The van der Waals surface area contributed by atoms with Crippen LogP contribution in [0.2, 0.25) is 0 Å². The van der Waals surface area contributed by atoms with E-state index in [1.807, 2.05) is 13.0 Å². The lowest BCUT2D eigenvalue weighted by Crippen LogP contribution is -2.43. The van der Waals surface area contributed by atoms with E-state index in [0.717, 1.165) is 20.4 Å². The van der Waals surface area contributed by atoms with Crippen molar-refractivity contribution in [2.75, 3.05) is 11.9 Å². The molecule has 1 N–H and O–H groups in total. The highest BCUT2D eigenvalue weighted by Gasteiger charge is 2.40. The van der Waals surface area contributed by atoms with E-state index in [4.69, 9.17) is 0 Å². The van der Waals surface area contributed by atoms with Crippen molar-refractivity contribution in [1.29, 1.82) is 0 Å². The number of hydrogen-bond acceptors (Lipinski definition) is 3. The lowest BCUT2D eigenvalue weighted by atomic mass is 10.2. The second-order valence-corrected chi connectivity index (χ2v) is 8.87. The molecule has 26 heavy (non-hydrogen) atoms. The zero-order chi connectivity index (χ0) is 18.9. The lowest BCUT2D eigenvalue weighted by Gasteiger charge is -2.23. The Morgan fingerprint density at radius 2 is 2.00 bits per heavy atom. The average molecular weight is 441 g/mol. The van der Waals surface area contributed by atoms with Crippen LogP contribution in [-0.4, -0.2) is 31.2 Å². The van der Waals surface area contributed by atoms with E-state index < -0.39 is 32.7 Å². The molecule has 1 atom stereocenters. The van der Waals surface area contributed by atoms with Gasteiger partial charge in [-0.05, 0) is 55.7 Å². The summed E-state index contributed by atoms with van der Waals surface area (Å²) in [5.74, 6) is -1.23. The SMILES string of the molecule is Cc1cc(NC(=O)C2CCCN2S(=O)(=O)c2ccccc2F)ccc1Br. The number of anilines is 1. The molecule has 0 radical (unpaired) electrons. The van der Waals surface area contributed by atoms with Crippen LogP contribution >= 0.6 is 15.9 Å². The molecule has 5 nitrogen and oxygen atoms in total. The Morgan fingerprint density at radius 3 is 2.69 bits per heavy atom. The van der Waals surface area contributed by atoms with E-state index >= 15 is 0 Å². The highest BCUT2D eigenvalue weighted by Crippen LogP contribution is 2.28. The maximum atomic E-state index is 14.0. The summed E-state index contributed by atoms with van der Waals surface area (Å²) in [6.07, 6.45) is 0.945. The van der Waals surface area contributed by atoms with Crippen LogP contribution in [0.5, 0.6) is 0 Å². The third kappa shape index (κ3) is 3.67. The summed E-state index contributed by atoms with van der Waals surface area (Å²) in [5.41, 5.74) is 1.54. The number of carbonyl (C=O) groups excluding carboxylic acids is 1. The number of amides is 1. The van der Waals surface area contributed by atoms with Crippen molar-refractivity contribution in [1.82, 2.24) is 4.31 Å². The molecule has 0 spiro atoms. The van der Waals surface area contributed by atoms with Gasteiger partial charge >= 0.3 is 0 Å². The molecule has 1 heterocycles. The minimum atomic E-state index is -4.08. The second kappa shape index (κ2) is 7.46. The second-order valence-electron chi connectivity index (χ2n) is 6.16. The first-order valence-corrected chi connectivity index (χ1v) is 10.4. The van der Waals surface area contributed by atoms with Gasteiger partial charge in [-0.2, -0.15) is 4.31 Å². The number of aryl methyl sites for hydroxylation is 1. The Hall–Kier alpha value is -1.77. The van der Waals surface area contributed by atoms with Crippen LogP contribution in [0.3, 0.4) is 0 Å². The van der Waals surface area contributed by atoms with Gasteiger partial charge in [-0.15, -0.1) is 0 Å².